The molecule has 1 amide bonds. The van der Waals surface area contributed by atoms with Crippen LogP contribution < -0.4 is 16.0 Å². The highest BCUT2D eigenvalue weighted by molar-refractivity contribution is 6.03. The Morgan fingerprint density at radius 3 is 2.55 bits per heavy atom. The monoisotopic (exact) mass is 284 g/mol. The van der Waals surface area contributed by atoms with Crippen LogP contribution in [0.2, 0.25) is 0 Å². The molecule has 3 N–H and O–H groups in total. The predicted octanol–water partition coefficient (Wildman–Crippen LogP) is 2.38. The molecule has 2 aromatic rings. The summed E-state index contributed by atoms with van der Waals surface area (Å²) in [5.74, 6) is 4.17. The zero-order valence-electron chi connectivity index (χ0n) is 10.2. The van der Waals surface area contributed by atoms with Crippen molar-refractivity contribution in [2.75, 3.05) is 6.61 Å². The second-order valence-electron chi connectivity index (χ2n) is 4.04. The maximum atomic E-state index is 12.3. The molecule has 0 aliphatic carbocycles. The number of rotatable bonds is 3. The van der Waals surface area contributed by atoms with Gasteiger partial charge in [0.15, 0.2) is 6.61 Å². The van der Waals surface area contributed by atoms with Crippen LogP contribution in [-0.2, 0) is 0 Å². The number of nitrogens with two attached hydrogens (primary N) is 1. The van der Waals surface area contributed by atoms with Gasteiger partial charge in [0, 0.05) is 5.39 Å². The van der Waals surface area contributed by atoms with Gasteiger partial charge in [-0.1, -0.05) is 30.3 Å². The third-order valence-electron chi connectivity index (χ3n) is 2.64. The Hall–Kier alpha value is -2.28. The van der Waals surface area contributed by atoms with Crippen LogP contribution in [0.25, 0.3) is 10.8 Å². The summed E-state index contributed by atoms with van der Waals surface area (Å²) in [5.41, 5.74) is 1.84. The van der Waals surface area contributed by atoms with Gasteiger partial charge in [0.1, 0.15) is 5.75 Å². The first-order valence-electron chi connectivity index (χ1n) is 5.64. The zero-order chi connectivity index (χ0) is 14.8. The fourth-order valence-electron chi connectivity index (χ4n) is 1.81. The van der Waals surface area contributed by atoms with Gasteiger partial charge in [-0.15, -0.1) is 0 Å². The standard InChI is InChI=1S/C13H11F3N2O2/c14-13(15,16)7-20-11-9-4-2-1-3-8(9)5-6-10(11)12(19)18-17/h1-6H,7,17H2,(H,18,19). The lowest BCUT2D eigenvalue weighted by Gasteiger charge is -2.14. The minimum atomic E-state index is -4.49. The van der Waals surface area contributed by atoms with Crippen LogP contribution in [0.15, 0.2) is 36.4 Å². The van der Waals surface area contributed by atoms with E-state index in [9.17, 15) is 18.0 Å². The van der Waals surface area contributed by atoms with Gasteiger partial charge in [-0.05, 0) is 11.5 Å². The van der Waals surface area contributed by atoms with Crippen LogP contribution in [0, 0.1) is 0 Å². The Balaban J connectivity index is 2.53. The fourth-order valence-corrected chi connectivity index (χ4v) is 1.81. The molecule has 0 atom stereocenters. The lowest BCUT2D eigenvalue weighted by Crippen LogP contribution is -2.31. The molecule has 0 unspecified atom stereocenters. The van der Waals surface area contributed by atoms with Crippen LogP contribution in [0.3, 0.4) is 0 Å². The molecule has 0 bridgehead atoms. The molecule has 2 aromatic carbocycles. The number of halogens is 3. The normalized spacial score (nSPS) is 11.4. The highest BCUT2D eigenvalue weighted by Crippen LogP contribution is 2.31. The number of hydrazine groups is 1. The zero-order valence-corrected chi connectivity index (χ0v) is 10.2. The topological polar surface area (TPSA) is 64.3 Å². The molecule has 0 aliphatic heterocycles. The third kappa shape index (κ3) is 3.00. The number of amides is 1. The maximum absolute atomic E-state index is 12.3. The van der Waals surface area contributed by atoms with E-state index in [1.807, 2.05) is 5.43 Å². The van der Waals surface area contributed by atoms with E-state index in [1.165, 1.54) is 6.07 Å². The number of nitrogens with one attached hydrogen (secondary N) is 1. The molecule has 0 aliphatic rings. The lowest BCUT2D eigenvalue weighted by atomic mass is 10.0. The Morgan fingerprint density at radius 2 is 1.90 bits per heavy atom. The maximum Gasteiger partial charge on any atom is 0.422 e. The first-order chi connectivity index (χ1) is 9.42. The van der Waals surface area contributed by atoms with Gasteiger partial charge < -0.3 is 4.74 Å². The van der Waals surface area contributed by atoms with E-state index in [4.69, 9.17) is 10.6 Å². The van der Waals surface area contributed by atoms with E-state index in [0.717, 1.165) is 0 Å². The molecule has 0 aromatic heterocycles. The number of nitrogen functional groups attached to an aromatic ring is 1. The first kappa shape index (κ1) is 14.1. The van der Waals surface area contributed by atoms with Gasteiger partial charge >= 0.3 is 6.18 Å². The SMILES string of the molecule is NNC(=O)c1ccc2ccccc2c1OCC(F)(F)F. The summed E-state index contributed by atoms with van der Waals surface area (Å²) < 4.78 is 41.7. The number of fused-ring (bicyclic) bond motifs is 1. The predicted molar refractivity (Wildman–Crippen MR) is 67.2 cm³/mol. The highest BCUT2D eigenvalue weighted by atomic mass is 19.4. The summed E-state index contributed by atoms with van der Waals surface area (Å²) >= 11 is 0. The summed E-state index contributed by atoms with van der Waals surface area (Å²) in [6.07, 6.45) is -4.49. The minimum Gasteiger partial charge on any atom is -0.483 e. The highest BCUT2D eigenvalue weighted by Gasteiger charge is 2.29. The Kier molecular flexibility index (Phi) is 3.80. The Morgan fingerprint density at radius 1 is 1.20 bits per heavy atom. The van der Waals surface area contributed by atoms with Crippen molar-refractivity contribution in [3.8, 4) is 5.75 Å². The van der Waals surface area contributed by atoms with Crippen molar-refractivity contribution in [1.29, 1.82) is 0 Å². The molecule has 2 rings (SSSR count). The number of carbonyl (C=O) groups excluding carboxylic acids is 1. The van der Waals surface area contributed by atoms with Crippen molar-refractivity contribution in [2.24, 2.45) is 5.84 Å². The molecule has 7 heteroatoms. The fraction of sp³-hybridized carbons (Fsp3) is 0.154. The number of hydrogen-bond acceptors (Lipinski definition) is 3. The van der Waals surface area contributed by atoms with E-state index >= 15 is 0 Å². The number of hydrogen-bond donors (Lipinski definition) is 2. The second kappa shape index (κ2) is 5.38. The number of ether oxygens (including phenoxy) is 1. The molecule has 4 nitrogen and oxygen atoms in total. The van der Waals surface area contributed by atoms with Crippen LogP contribution in [-0.4, -0.2) is 18.7 Å². The average molecular weight is 284 g/mol. The molecule has 0 saturated carbocycles. The molecule has 0 fully saturated rings. The summed E-state index contributed by atoms with van der Waals surface area (Å²) in [6, 6.07) is 9.65. The van der Waals surface area contributed by atoms with E-state index in [2.05, 4.69) is 0 Å². The molecule has 0 radical (unpaired) electrons. The van der Waals surface area contributed by atoms with Crippen molar-refractivity contribution < 1.29 is 22.7 Å². The second-order valence-corrected chi connectivity index (χ2v) is 4.04. The summed E-state index contributed by atoms with van der Waals surface area (Å²) in [6.45, 7) is -1.48. The van der Waals surface area contributed by atoms with Crippen LogP contribution >= 0.6 is 0 Å². The van der Waals surface area contributed by atoms with E-state index in [1.54, 1.807) is 30.3 Å². The Bertz CT molecular complexity index is 641. The van der Waals surface area contributed by atoms with Crippen molar-refractivity contribution >= 4 is 16.7 Å². The minimum absolute atomic E-state index is 0.0459. The van der Waals surface area contributed by atoms with Crippen molar-refractivity contribution in [3.63, 3.8) is 0 Å². The van der Waals surface area contributed by atoms with Gasteiger partial charge in [0.05, 0.1) is 5.56 Å². The van der Waals surface area contributed by atoms with Crippen LogP contribution in [0.1, 0.15) is 10.4 Å². The van der Waals surface area contributed by atoms with Gasteiger partial charge in [0.25, 0.3) is 5.91 Å². The summed E-state index contributed by atoms with van der Waals surface area (Å²) in [7, 11) is 0. The van der Waals surface area contributed by atoms with Gasteiger partial charge in [-0.2, -0.15) is 13.2 Å². The van der Waals surface area contributed by atoms with E-state index < -0.39 is 18.7 Å². The number of carbonyl (C=O) groups is 1. The molecule has 106 valence electrons. The lowest BCUT2D eigenvalue weighted by molar-refractivity contribution is -0.153. The number of benzene rings is 2. The van der Waals surface area contributed by atoms with E-state index in [0.29, 0.717) is 10.8 Å². The average Bonchev–Trinajstić information content (AvgIpc) is 2.42. The summed E-state index contributed by atoms with van der Waals surface area (Å²) in [5, 5.41) is 1.08. The molecule has 0 heterocycles. The van der Waals surface area contributed by atoms with Crippen molar-refractivity contribution in [1.82, 2.24) is 5.43 Å². The van der Waals surface area contributed by atoms with Crippen LogP contribution in [0.4, 0.5) is 13.2 Å². The molecule has 20 heavy (non-hydrogen) atoms. The van der Waals surface area contributed by atoms with Crippen molar-refractivity contribution in [2.45, 2.75) is 6.18 Å². The van der Waals surface area contributed by atoms with Gasteiger partial charge in [-0.3, -0.25) is 10.2 Å². The van der Waals surface area contributed by atoms with Crippen molar-refractivity contribution in [3.05, 3.63) is 42.0 Å². The van der Waals surface area contributed by atoms with E-state index in [-0.39, 0.29) is 11.3 Å². The largest absolute Gasteiger partial charge is 0.483 e. The molecule has 0 spiro atoms. The number of alkyl halides is 3. The summed E-state index contributed by atoms with van der Waals surface area (Å²) in [4.78, 5) is 11.6. The quantitative estimate of drug-likeness (QED) is 0.517. The third-order valence-corrected chi connectivity index (χ3v) is 2.64. The molecule has 0 saturated heterocycles. The Labute approximate surface area is 112 Å². The van der Waals surface area contributed by atoms with Crippen LogP contribution in [0.5, 0.6) is 5.75 Å². The first-order valence-corrected chi connectivity index (χ1v) is 5.64. The van der Waals surface area contributed by atoms with Gasteiger partial charge in [0.2, 0.25) is 0 Å². The molecular formula is C13H11F3N2O2. The molecular weight excluding hydrogens is 273 g/mol. The van der Waals surface area contributed by atoms with Gasteiger partial charge in [-0.25, -0.2) is 5.84 Å². The smallest absolute Gasteiger partial charge is 0.422 e.